The molecule has 192 valence electrons. The van der Waals surface area contributed by atoms with Gasteiger partial charge in [-0.2, -0.15) is 0 Å². The molecule has 8 nitrogen and oxygen atoms in total. The molecule has 0 aliphatic carbocycles. The molecule has 4 N–H and O–H groups in total. The third-order valence-corrected chi connectivity index (χ3v) is 6.31. The Labute approximate surface area is 216 Å². The minimum Gasteiger partial charge on any atom is -0.497 e. The number of rotatable bonds is 11. The number of carbonyl (C=O) groups excluding carboxylic acids is 2. The molecule has 1 aromatic heterocycles. The fraction of sp³-hybridized carbons (Fsp3) is 0.241. The lowest BCUT2D eigenvalue weighted by atomic mass is 10.0. The molecule has 8 heteroatoms. The van der Waals surface area contributed by atoms with Crippen LogP contribution in [0.15, 0.2) is 79.0 Å². The summed E-state index contributed by atoms with van der Waals surface area (Å²) in [5.74, 6) is 0.342. The zero-order valence-electron chi connectivity index (χ0n) is 20.9. The number of aromatic amines is 1. The number of fused-ring (bicyclic) bond motifs is 1. The summed E-state index contributed by atoms with van der Waals surface area (Å²) < 4.78 is 5.20. The van der Waals surface area contributed by atoms with Crippen LogP contribution in [-0.2, 0) is 4.79 Å². The van der Waals surface area contributed by atoms with Gasteiger partial charge in [0.05, 0.1) is 7.11 Å². The number of H-pyrrole nitrogens is 1. The van der Waals surface area contributed by atoms with Gasteiger partial charge < -0.3 is 15.0 Å². The van der Waals surface area contributed by atoms with Crippen LogP contribution in [-0.4, -0.2) is 35.8 Å². The van der Waals surface area contributed by atoms with Crippen LogP contribution >= 0.6 is 0 Å². The van der Waals surface area contributed by atoms with Crippen LogP contribution in [0.2, 0.25) is 0 Å². The topological polar surface area (TPSA) is 107 Å². The fourth-order valence-electron chi connectivity index (χ4n) is 4.24. The number of benzene rings is 3. The maximum absolute atomic E-state index is 13.3. The first kappa shape index (κ1) is 25.8. The van der Waals surface area contributed by atoms with Gasteiger partial charge in [-0.1, -0.05) is 37.1 Å². The van der Waals surface area contributed by atoms with E-state index in [1.54, 1.807) is 41.8 Å². The summed E-state index contributed by atoms with van der Waals surface area (Å²) in [6.45, 7) is 0.530. The number of anilines is 2. The van der Waals surface area contributed by atoms with Crippen molar-refractivity contribution >= 4 is 34.2 Å². The number of unbranched alkanes of at least 4 members (excludes halogenated alkanes) is 3. The molecule has 0 atom stereocenters. The highest BCUT2D eigenvalue weighted by Crippen LogP contribution is 2.27. The molecule has 0 fully saturated rings. The maximum Gasteiger partial charge on any atom is 0.326 e. The van der Waals surface area contributed by atoms with Gasteiger partial charge in [-0.05, 0) is 77.9 Å². The van der Waals surface area contributed by atoms with E-state index in [0.29, 0.717) is 18.7 Å². The van der Waals surface area contributed by atoms with Crippen molar-refractivity contribution < 1.29 is 19.5 Å². The van der Waals surface area contributed by atoms with E-state index in [-0.39, 0.29) is 18.4 Å². The molecule has 3 aromatic carbocycles. The molecule has 0 saturated heterocycles. The number of carbonyl (C=O) groups is 2. The summed E-state index contributed by atoms with van der Waals surface area (Å²) in [5.41, 5.74) is 6.39. The average molecular weight is 501 g/mol. The van der Waals surface area contributed by atoms with Crippen molar-refractivity contribution in [3.63, 3.8) is 0 Å². The first-order chi connectivity index (χ1) is 18.1. The number of hydrogen-bond donors (Lipinski definition) is 4. The molecule has 0 saturated carbocycles. The van der Waals surface area contributed by atoms with Gasteiger partial charge in [0.25, 0.3) is 0 Å². The molecule has 3 amide bonds. The summed E-state index contributed by atoms with van der Waals surface area (Å²) in [6.07, 6.45) is 5.37. The Bertz CT molecular complexity index is 1320. The first-order valence-electron chi connectivity index (χ1n) is 12.4. The van der Waals surface area contributed by atoms with Gasteiger partial charge in [0.15, 0.2) is 0 Å². The van der Waals surface area contributed by atoms with Crippen molar-refractivity contribution in [1.29, 1.82) is 0 Å². The smallest absolute Gasteiger partial charge is 0.326 e. The summed E-state index contributed by atoms with van der Waals surface area (Å²) in [4.78, 5) is 29.5. The molecule has 4 aromatic rings. The van der Waals surface area contributed by atoms with Crippen LogP contribution in [0.3, 0.4) is 0 Å². The number of ether oxygens (including phenoxy) is 1. The summed E-state index contributed by atoms with van der Waals surface area (Å²) in [5, 5.41) is 12.8. The van der Waals surface area contributed by atoms with Crippen molar-refractivity contribution in [2.75, 3.05) is 23.9 Å². The van der Waals surface area contributed by atoms with E-state index < -0.39 is 0 Å². The van der Waals surface area contributed by atoms with Gasteiger partial charge in [-0.15, -0.1) is 0 Å². The second-order valence-corrected chi connectivity index (χ2v) is 8.84. The monoisotopic (exact) mass is 500 g/mol. The van der Waals surface area contributed by atoms with Crippen molar-refractivity contribution in [1.82, 2.24) is 10.5 Å². The quantitative estimate of drug-likeness (QED) is 0.110. The number of hydrogen-bond acceptors (Lipinski definition) is 4. The van der Waals surface area contributed by atoms with Gasteiger partial charge in [0, 0.05) is 36.1 Å². The number of hydroxylamine groups is 1. The molecule has 0 spiro atoms. The minimum absolute atomic E-state index is 0.217. The maximum atomic E-state index is 13.3. The van der Waals surface area contributed by atoms with Gasteiger partial charge >= 0.3 is 6.03 Å². The zero-order chi connectivity index (χ0) is 26.0. The van der Waals surface area contributed by atoms with E-state index in [9.17, 15) is 9.59 Å². The van der Waals surface area contributed by atoms with Crippen molar-refractivity contribution in [2.45, 2.75) is 32.1 Å². The molecule has 0 radical (unpaired) electrons. The van der Waals surface area contributed by atoms with Gasteiger partial charge in [-0.25, -0.2) is 10.3 Å². The standard InChI is InChI=1S/C29H32N4O4/c1-37-26-15-11-24(12-16-26)31-29(35)33(19-5-3-2-4-6-28(34)32-36)25-13-9-21(10-14-25)23-8-7-22-17-18-30-27(22)20-23/h7-18,20,30,36H,2-6,19H2,1H3,(H,31,35)(H,32,34). The van der Waals surface area contributed by atoms with Crippen LogP contribution in [0.1, 0.15) is 32.1 Å². The molecule has 0 aliphatic heterocycles. The molecule has 37 heavy (non-hydrogen) atoms. The summed E-state index contributed by atoms with van der Waals surface area (Å²) in [7, 11) is 1.60. The first-order valence-corrected chi connectivity index (χ1v) is 12.4. The van der Waals surface area contributed by atoms with Gasteiger partial charge in [0.1, 0.15) is 5.75 Å². The van der Waals surface area contributed by atoms with Crippen LogP contribution in [0, 0.1) is 0 Å². The number of urea groups is 1. The highest BCUT2D eigenvalue weighted by molar-refractivity contribution is 6.02. The number of nitrogens with zero attached hydrogens (tertiary/aromatic N) is 1. The molecule has 0 unspecified atom stereocenters. The molecule has 4 rings (SSSR count). The van der Waals surface area contributed by atoms with E-state index in [1.165, 1.54) is 5.39 Å². The predicted molar refractivity (Wildman–Crippen MR) is 146 cm³/mol. The summed E-state index contributed by atoms with van der Waals surface area (Å²) >= 11 is 0. The largest absolute Gasteiger partial charge is 0.497 e. The predicted octanol–water partition coefficient (Wildman–Crippen LogP) is 6.34. The number of nitrogens with one attached hydrogen (secondary N) is 3. The van der Waals surface area contributed by atoms with Gasteiger partial charge in [0.2, 0.25) is 5.91 Å². The minimum atomic E-state index is -0.379. The second kappa shape index (κ2) is 12.6. The van der Waals surface area contributed by atoms with E-state index in [2.05, 4.69) is 28.5 Å². The number of methoxy groups -OCH3 is 1. The lowest BCUT2D eigenvalue weighted by molar-refractivity contribution is -0.129. The lowest BCUT2D eigenvalue weighted by Gasteiger charge is -2.24. The van der Waals surface area contributed by atoms with E-state index in [1.807, 2.05) is 36.5 Å². The summed E-state index contributed by atoms with van der Waals surface area (Å²) in [6, 6.07) is 23.3. The Balaban J connectivity index is 1.45. The van der Waals surface area contributed by atoms with E-state index >= 15 is 0 Å². The number of amides is 3. The fourth-order valence-corrected chi connectivity index (χ4v) is 4.24. The highest BCUT2D eigenvalue weighted by Gasteiger charge is 2.16. The number of aromatic nitrogens is 1. The third-order valence-electron chi connectivity index (χ3n) is 6.31. The average Bonchev–Trinajstić information content (AvgIpc) is 3.41. The van der Waals surface area contributed by atoms with E-state index in [0.717, 1.165) is 47.3 Å². The van der Waals surface area contributed by atoms with E-state index in [4.69, 9.17) is 9.94 Å². The Kier molecular flexibility index (Phi) is 8.78. The Hall–Kier alpha value is -4.30. The molecule has 0 aliphatic rings. The highest BCUT2D eigenvalue weighted by atomic mass is 16.5. The Morgan fingerprint density at radius 3 is 2.35 bits per heavy atom. The van der Waals surface area contributed by atoms with Crippen molar-refractivity contribution in [3.05, 3.63) is 79.0 Å². The Morgan fingerprint density at radius 1 is 0.892 bits per heavy atom. The van der Waals surface area contributed by atoms with Crippen molar-refractivity contribution in [2.24, 2.45) is 0 Å². The molecular weight excluding hydrogens is 468 g/mol. The Morgan fingerprint density at radius 2 is 1.62 bits per heavy atom. The van der Waals surface area contributed by atoms with Crippen LogP contribution in [0.25, 0.3) is 22.0 Å². The van der Waals surface area contributed by atoms with Crippen LogP contribution in [0.4, 0.5) is 16.2 Å². The van der Waals surface area contributed by atoms with Crippen LogP contribution in [0.5, 0.6) is 5.75 Å². The normalized spacial score (nSPS) is 10.8. The molecule has 0 bridgehead atoms. The lowest BCUT2D eigenvalue weighted by Crippen LogP contribution is -2.35. The van der Waals surface area contributed by atoms with Crippen molar-refractivity contribution in [3.8, 4) is 16.9 Å². The van der Waals surface area contributed by atoms with Crippen LogP contribution < -0.4 is 20.4 Å². The molecular formula is C29H32N4O4. The SMILES string of the molecule is COc1ccc(NC(=O)N(CCCCCCC(=O)NO)c2ccc(-c3ccc4cc[nH]c4c3)cc2)cc1. The molecule has 1 heterocycles. The van der Waals surface area contributed by atoms with Gasteiger partial charge in [-0.3, -0.25) is 14.9 Å². The zero-order valence-corrected chi connectivity index (χ0v) is 20.9. The third kappa shape index (κ3) is 6.89. The second-order valence-electron chi connectivity index (χ2n) is 8.84.